The van der Waals surface area contributed by atoms with Crippen LogP contribution in [0.15, 0.2) is 36.5 Å². The minimum Gasteiger partial charge on any atom is -0.325 e. The Morgan fingerprint density at radius 2 is 2.00 bits per heavy atom. The van der Waals surface area contributed by atoms with Crippen LogP contribution in [0, 0.1) is 0 Å². The van der Waals surface area contributed by atoms with Gasteiger partial charge in [-0.05, 0) is 26.0 Å². The summed E-state index contributed by atoms with van der Waals surface area (Å²) in [4.78, 5) is 16.4. The molecule has 0 amide bonds. The van der Waals surface area contributed by atoms with Crippen molar-refractivity contribution in [2.75, 3.05) is 0 Å². The highest BCUT2D eigenvalue weighted by atomic mass is 16.1. The minimum absolute atomic E-state index is 0.0433. The lowest BCUT2D eigenvalue weighted by atomic mass is 9.94. The first-order chi connectivity index (χ1) is 7.97. The number of rotatable bonds is 3. The van der Waals surface area contributed by atoms with Gasteiger partial charge in [-0.3, -0.25) is 9.78 Å². The number of fused-ring (bicyclic) bond motifs is 1. The molecule has 88 valence electrons. The molecule has 0 radical (unpaired) electrons. The number of hydrogen-bond acceptors (Lipinski definition) is 3. The second-order valence-electron chi connectivity index (χ2n) is 4.97. The fourth-order valence-corrected chi connectivity index (χ4v) is 1.84. The van der Waals surface area contributed by atoms with Crippen molar-refractivity contribution in [1.29, 1.82) is 0 Å². The normalized spacial score (nSPS) is 11.7. The van der Waals surface area contributed by atoms with Crippen LogP contribution in [-0.4, -0.2) is 16.3 Å². The van der Waals surface area contributed by atoms with Gasteiger partial charge in [-0.25, -0.2) is 0 Å². The monoisotopic (exact) mass is 228 g/mol. The minimum atomic E-state index is -0.492. The van der Waals surface area contributed by atoms with E-state index in [1.54, 1.807) is 6.20 Å². The maximum Gasteiger partial charge on any atom is 0.166 e. The van der Waals surface area contributed by atoms with Crippen molar-refractivity contribution in [3.63, 3.8) is 0 Å². The third-order valence-corrected chi connectivity index (χ3v) is 2.55. The molecule has 2 N–H and O–H groups in total. The first-order valence-corrected chi connectivity index (χ1v) is 5.63. The predicted octanol–water partition coefficient (Wildman–Crippen LogP) is 2.54. The number of Topliss-reactive ketones (excluding diaryl/α,β-unsaturated/α-hetero) is 1. The summed E-state index contributed by atoms with van der Waals surface area (Å²) >= 11 is 0. The fourth-order valence-electron chi connectivity index (χ4n) is 1.84. The molecule has 0 unspecified atom stereocenters. The van der Waals surface area contributed by atoms with Crippen LogP contribution in [0.4, 0.5) is 0 Å². The molecule has 2 aromatic rings. The molecule has 2 rings (SSSR count). The van der Waals surface area contributed by atoms with E-state index in [1.165, 1.54) is 0 Å². The Kier molecular flexibility index (Phi) is 2.94. The van der Waals surface area contributed by atoms with Crippen LogP contribution in [0.1, 0.15) is 30.6 Å². The molecule has 0 bridgehead atoms. The van der Waals surface area contributed by atoms with E-state index < -0.39 is 5.54 Å². The summed E-state index contributed by atoms with van der Waals surface area (Å²) in [5, 5.41) is 0.980. The van der Waals surface area contributed by atoms with E-state index in [-0.39, 0.29) is 5.78 Å². The van der Waals surface area contributed by atoms with Crippen molar-refractivity contribution >= 4 is 16.7 Å². The lowest BCUT2D eigenvalue weighted by Gasteiger charge is -2.17. The number of aromatic nitrogens is 1. The zero-order valence-corrected chi connectivity index (χ0v) is 10.1. The van der Waals surface area contributed by atoms with E-state index in [0.717, 1.165) is 10.9 Å². The molecular weight excluding hydrogens is 212 g/mol. The fraction of sp³-hybridized carbons (Fsp3) is 0.286. The molecule has 0 aliphatic heterocycles. The maximum atomic E-state index is 12.2. The quantitative estimate of drug-likeness (QED) is 0.821. The average molecular weight is 228 g/mol. The highest BCUT2D eigenvalue weighted by molar-refractivity contribution is 6.06. The van der Waals surface area contributed by atoms with Gasteiger partial charge in [0.15, 0.2) is 5.78 Å². The molecule has 3 nitrogen and oxygen atoms in total. The van der Waals surface area contributed by atoms with Gasteiger partial charge >= 0.3 is 0 Å². The molecule has 1 aromatic heterocycles. The Bertz CT molecular complexity index is 550. The highest BCUT2D eigenvalue weighted by Crippen LogP contribution is 2.19. The zero-order valence-electron chi connectivity index (χ0n) is 10.1. The van der Waals surface area contributed by atoms with Gasteiger partial charge in [-0.1, -0.05) is 18.2 Å². The summed E-state index contributed by atoms with van der Waals surface area (Å²) < 4.78 is 0. The van der Waals surface area contributed by atoms with E-state index in [0.29, 0.717) is 12.0 Å². The van der Waals surface area contributed by atoms with Crippen molar-refractivity contribution in [2.45, 2.75) is 25.8 Å². The number of nitrogens with zero attached hydrogens (tertiary/aromatic N) is 1. The summed E-state index contributed by atoms with van der Waals surface area (Å²) in [7, 11) is 0. The van der Waals surface area contributed by atoms with E-state index in [2.05, 4.69) is 4.98 Å². The van der Waals surface area contributed by atoms with Gasteiger partial charge in [-0.15, -0.1) is 0 Å². The molecule has 0 saturated carbocycles. The van der Waals surface area contributed by atoms with Crippen molar-refractivity contribution in [2.24, 2.45) is 5.73 Å². The molecule has 0 saturated heterocycles. The first kappa shape index (κ1) is 11.7. The van der Waals surface area contributed by atoms with Crippen molar-refractivity contribution < 1.29 is 4.79 Å². The van der Waals surface area contributed by atoms with Crippen LogP contribution in [0.2, 0.25) is 0 Å². The zero-order chi connectivity index (χ0) is 12.5. The van der Waals surface area contributed by atoms with Crippen molar-refractivity contribution in [3.8, 4) is 0 Å². The maximum absolute atomic E-state index is 12.2. The summed E-state index contributed by atoms with van der Waals surface area (Å²) in [5.74, 6) is 0.0433. The Morgan fingerprint density at radius 1 is 1.29 bits per heavy atom. The molecule has 0 fully saturated rings. The van der Waals surface area contributed by atoms with Gasteiger partial charge in [0.2, 0.25) is 0 Å². The number of pyridine rings is 1. The van der Waals surface area contributed by atoms with Crippen LogP contribution in [0.5, 0.6) is 0 Å². The predicted molar refractivity (Wildman–Crippen MR) is 69.0 cm³/mol. The number of hydrogen-bond donors (Lipinski definition) is 1. The van der Waals surface area contributed by atoms with Crippen LogP contribution in [0.3, 0.4) is 0 Å². The highest BCUT2D eigenvalue weighted by Gasteiger charge is 2.19. The SMILES string of the molecule is CC(C)(N)CC(=O)c1cccc2cccnc12. The van der Waals surface area contributed by atoms with Crippen molar-refractivity contribution in [3.05, 3.63) is 42.1 Å². The van der Waals surface area contributed by atoms with Crippen LogP contribution < -0.4 is 5.73 Å². The average Bonchev–Trinajstić information content (AvgIpc) is 2.26. The molecule has 0 spiro atoms. The van der Waals surface area contributed by atoms with Gasteiger partial charge in [0.05, 0.1) is 5.52 Å². The van der Waals surface area contributed by atoms with E-state index in [4.69, 9.17) is 5.73 Å². The number of nitrogens with two attached hydrogens (primary N) is 1. The molecule has 0 atom stereocenters. The topological polar surface area (TPSA) is 56.0 Å². The van der Waals surface area contributed by atoms with Gasteiger partial charge in [0.1, 0.15) is 0 Å². The Balaban J connectivity index is 2.45. The summed E-state index contributed by atoms with van der Waals surface area (Å²) in [6.07, 6.45) is 2.02. The lowest BCUT2D eigenvalue weighted by Crippen LogP contribution is -2.34. The van der Waals surface area contributed by atoms with E-state index >= 15 is 0 Å². The number of ketones is 1. The largest absolute Gasteiger partial charge is 0.325 e. The number of carbonyl (C=O) groups is 1. The Labute approximate surface area is 101 Å². The second kappa shape index (κ2) is 4.26. The lowest BCUT2D eigenvalue weighted by molar-refractivity contribution is 0.0962. The van der Waals surface area contributed by atoms with Crippen LogP contribution in [-0.2, 0) is 0 Å². The van der Waals surface area contributed by atoms with E-state index in [1.807, 2.05) is 44.2 Å². The molecule has 1 aromatic carbocycles. The van der Waals surface area contributed by atoms with Crippen LogP contribution in [0.25, 0.3) is 10.9 Å². The Hall–Kier alpha value is -1.74. The summed E-state index contributed by atoms with van der Waals surface area (Å²) in [6.45, 7) is 3.70. The molecule has 3 heteroatoms. The number of carbonyl (C=O) groups excluding carboxylic acids is 1. The van der Waals surface area contributed by atoms with Crippen LogP contribution >= 0.6 is 0 Å². The summed E-state index contributed by atoms with van der Waals surface area (Å²) in [5.41, 5.74) is 6.79. The van der Waals surface area contributed by atoms with Crippen molar-refractivity contribution in [1.82, 2.24) is 4.98 Å². The second-order valence-corrected chi connectivity index (χ2v) is 4.97. The van der Waals surface area contributed by atoms with Gasteiger partial charge in [0.25, 0.3) is 0 Å². The molecule has 0 aliphatic carbocycles. The third kappa shape index (κ3) is 2.68. The van der Waals surface area contributed by atoms with Gasteiger partial charge in [0, 0.05) is 29.1 Å². The number of benzene rings is 1. The Morgan fingerprint density at radius 3 is 2.71 bits per heavy atom. The smallest absolute Gasteiger partial charge is 0.166 e. The van der Waals surface area contributed by atoms with Gasteiger partial charge < -0.3 is 5.73 Å². The first-order valence-electron chi connectivity index (χ1n) is 5.63. The molecule has 17 heavy (non-hydrogen) atoms. The number of para-hydroxylation sites is 1. The standard InChI is InChI=1S/C14H16N2O/c1-14(2,15)9-12(17)11-7-3-5-10-6-4-8-16-13(10)11/h3-8H,9,15H2,1-2H3. The van der Waals surface area contributed by atoms with Gasteiger partial charge in [-0.2, -0.15) is 0 Å². The molecule has 0 aliphatic rings. The van der Waals surface area contributed by atoms with E-state index in [9.17, 15) is 4.79 Å². The molecular formula is C14H16N2O. The third-order valence-electron chi connectivity index (χ3n) is 2.55. The summed E-state index contributed by atoms with van der Waals surface area (Å²) in [6, 6.07) is 9.45. The molecule has 1 heterocycles.